The SMILES string of the molecule is C=CCn1c(SCC(=O)Nc2nc(C)c(C(=O)N(C)C)s2)nnc1C(C)Oc1ccccc1Cl. The van der Waals surface area contributed by atoms with Crippen LogP contribution >= 0.6 is 34.7 Å². The standard InChI is InChI=1S/C22H25ClN6O3S2/c1-6-11-29-19(14(3)32-16-10-8-7-9-15(16)23)26-27-22(29)33-12-17(30)25-21-24-13(2)18(34-21)20(31)28(4)5/h6-10,14H,1,11-12H2,2-5H3,(H,24,25,30). The molecule has 3 aromatic rings. The summed E-state index contributed by atoms with van der Waals surface area (Å²) in [6.07, 6.45) is 1.29. The summed E-state index contributed by atoms with van der Waals surface area (Å²) in [5.74, 6) is 0.806. The lowest BCUT2D eigenvalue weighted by Gasteiger charge is -2.16. The molecule has 0 saturated heterocycles. The molecule has 1 atom stereocenters. The number of halogens is 1. The molecule has 0 aliphatic rings. The van der Waals surface area contributed by atoms with E-state index in [1.165, 1.54) is 16.7 Å². The zero-order valence-corrected chi connectivity index (χ0v) is 21.6. The Hall–Kier alpha value is -2.89. The van der Waals surface area contributed by atoms with Crippen LogP contribution in [0.3, 0.4) is 0 Å². The van der Waals surface area contributed by atoms with E-state index in [0.29, 0.717) is 44.0 Å². The Morgan fingerprint density at radius 3 is 2.76 bits per heavy atom. The minimum Gasteiger partial charge on any atom is -0.481 e. The highest BCUT2D eigenvalue weighted by atomic mass is 35.5. The largest absolute Gasteiger partial charge is 0.481 e. The topological polar surface area (TPSA) is 102 Å². The summed E-state index contributed by atoms with van der Waals surface area (Å²) in [5, 5.41) is 12.7. The Kier molecular flexibility index (Phi) is 8.70. The van der Waals surface area contributed by atoms with Crippen LogP contribution in [0, 0.1) is 6.92 Å². The normalized spacial score (nSPS) is 11.7. The average Bonchev–Trinajstić information content (AvgIpc) is 3.36. The summed E-state index contributed by atoms with van der Waals surface area (Å²) in [4.78, 5) is 31.0. The quantitative estimate of drug-likeness (QED) is 0.311. The van der Waals surface area contributed by atoms with Gasteiger partial charge in [-0.1, -0.05) is 52.9 Å². The van der Waals surface area contributed by atoms with Crippen molar-refractivity contribution in [3.63, 3.8) is 0 Å². The van der Waals surface area contributed by atoms with Crippen LogP contribution in [0.15, 0.2) is 42.1 Å². The van der Waals surface area contributed by atoms with E-state index in [9.17, 15) is 9.59 Å². The van der Waals surface area contributed by atoms with Gasteiger partial charge in [-0.2, -0.15) is 0 Å². The molecule has 1 N–H and O–H groups in total. The second-order valence-electron chi connectivity index (χ2n) is 7.40. The minimum atomic E-state index is -0.429. The van der Waals surface area contributed by atoms with E-state index >= 15 is 0 Å². The van der Waals surface area contributed by atoms with Crippen molar-refractivity contribution in [3.05, 3.63) is 58.3 Å². The Bertz CT molecular complexity index is 1190. The third kappa shape index (κ3) is 6.16. The van der Waals surface area contributed by atoms with Crippen molar-refractivity contribution in [2.24, 2.45) is 0 Å². The number of rotatable bonds is 10. The number of hydrogen-bond acceptors (Lipinski definition) is 8. The van der Waals surface area contributed by atoms with Gasteiger partial charge in [0.25, 0.3) is 5.91 Å². The first-order valence-electron chi connectivity index (χ1n) is 10.3. The summed E-state index contributed by atoms with van der Waals surface area (Å²) >= 11 is 8.58. The number of allylic oxidation sites excluding steroid dienone is 1. The van der Waals surface area contributed by atoms with Gasteiger partial charge in [0.05, 0.1) is 16.5 Å². The molecule has 0 aliphatic heterocycles. The number of carbonyl (C=O) groups is 2. The number of anilines is 1. The molecular formula is C22H25ClN6O3S2. The Labute approximate surface area is 211 Å². The summed E-state index contributed by atoms with van der Waals surface area (Å²) in [6, 6.07) is 7.20. The molecule has 12 heteroatoms. The number of amides is 2. The number of nitrogens with zero attached hydrogens (tertiary/aromatic N) is 5. The fraction of sp³-hybridized carbons (Fsp3) is 0.318. The average molecular weight is 521 g/mol. The lowest BCUT2D eigenvalue weighted by Crippen LogP contribution is -2.21. The number of thioether (sulfide) groups is 1. The number of aryl methyl sites for hydroxylation is 1. The van der Waals surface area contributed by atoms with Crippen molar-refractivity contribution in [1.29, 1.82) is 0 Å². The van der Waals surface area contributed by atoms with Gasteiger partial charge in [0, 0.05) is 20.6 Å². The molecule has 1 unspecified atom stereocenters. The predicted molar refractivity (Wildman–Crippen MR) is 135 cm³/mol. The van der Waals surface area contributed by atoms with Crippen molar-refractivity contribution in [3.8, 4) is 5.75 Å². The molecule has 9 nitrogen and oxygen atoms in total. The van der Waals surface area contributed by atoms with E-state index in [1.54, 1.807) is 39.2 Å². The van der Waals surface area contributed by atoms with E-state index < -0.39 is 6.10 Å². The van der Waals surface area contributed by atoms with Crippen LogP contribution in [0.4, 0.5) is 5.13 Å². The van der Waals surface area contributed by atoms with Gasteiger partial charge in [0.1, 0.15) is 10.6 Å². The molecule has 0 bridgehead atoms. The van der Waals surface area contributed by atoms with Crippen molar-refractivity contribution in [1.82, 2.24) is 24.6 Å². The first kappa shape index (κ1) is 25.7. The first-order chi connectivity index (χ1) is 16.2. The maximum atomic E-state index is 12.5. The summed E-state index contributed by atoms with van der Waals surface area (Å²) in [7, 11) is 3.34. The smallest absolute Gasteiger partial charge is 0.265 e. The van der Waals surface area contributed by atoms with E-state index in [-0.39, 0.29) is 17.6 Å². The summed E-state index contributed by atoms with van der Waals surface area (Å²) in [5.41, 5.74) is 0.578. The highest BCUT2D eigenvalue weighted by Gasteiger charge is 2.21. The number of para-hydroxylation sites is 1. The van der Waals surface area contributed by atoms with Crippen LogP contribution in [0.1, 0.15) is 34.2 Å². The number of ether oxygens (including phenoxy) is 1. The third-order valence-electron chi connectivity index (χ3n) is 4.54. The van der Waals surface area contributed by atoms with Gasteiger partial charge in [-0.05, 0) is 26.0 Å². The van der Waals surface area contributed by atoms with Crippen molar-refractivity contribution in [2.45, 2.75) is 31.7 Å². The molecule has 2 amide bonds. The zero-order valence-electron chi connectivity index (χ0n) is 19.2. The molecule has 180 valence electrons. The van der Waals surface area contributed by atoms with Gasteiger partial charge in [-0.15, -0.1) is 16.8 Å². The number of benzene rings is 1. The Balaban J connectivity index is 1.67. The van der Waals surface area contributed by atoms with Gasteiger partial charge in [0.15, 0.2) is 22.2 Å². The summed E-state index contributed by atoms with van der Waals surface area (Å²) < 4.78 is 7.81. The molecule has 34 heavy (non-hydrogen) atoms. The van der Waals surface area contributed by atoms with E-state index in [1.807, 2.05) is 23.6 Å². The van der Waals surface area contributed by atoms with Gasteiger partial charge in [-0.3, -0.25) is 14.2 Å². The van der Waals surface area contributed by atoms with Gasteiger partial charge in [-0.25, -0.2) is 4.98 Å². The van der Waals surface area contributed by atoms with Crippen LogP contribution in [0.5, 0.6) is 5.75 Å². The van der Waals surface area contributed by atoms with Gasteiger partial charge < -0.3 is 15.0 Å². The maximum Gasteiger partial charge on any atom is 0.265 e. The molecule has 2 heterocycles. The zero-order chi connectivity index (χ0) is 24.8. The number of hydrogen-bond donors (Lipinski definition) is 1. The molecule has 0 spiro atoms. The highest BCUT2D eigenvalue weighted by molar-refractivity contribution is 7.99. The van der Waals surface area contributed by atoms with Gasteiger partial charge >= 0.3 is 0 Å². The number of nitrogens with one attached hydrogen (secondary N) is 1. The molecule has 0 radical (unpaired) electrons. The second kappa shape index (κ2) is 11.5. The minimum absolute atomic E-state index is 0.0879. The van der Waals surface area contributed by atoms with Crippen molar-refractivity contribution in [2.75, 3.05) is 25.2 Å². The molecule has 0 fully saturated rings. The predicted octanol–water partition coefficient (Wildman–Crippen LogP) is 4.46. The van der Waals surface area contributed by atoms with E-state index in [2.05, 4.69) is 27.1 Å². The van der Waals surface area contributed by atoms with Crippen LogP contribution in [-0.2, 0) is 11.3 Å². The van der Waals surface area contributed by atoms with Crippen LogP contribution < -0.4 is 10.1 Å². The molecule has 0 aliphatic carbocycles. The Morgan fingerprint density at radius 2 is 2.09 bits per heavy atom. The fourth-order valence-electron chi connectivity index (χ4n) is 2.93. The molecule has 3 rings (SSSR count). The fourth-order valence-corrected chi connectivity index (χ4v) is 4.87. The van der Waals surface area contributed by atoms with Crippen LogP contribution in [-0.4, -0.2) is 56.3 Å². The molecule has 2 aromatic heterocycles. The first-order valence-corrected chi connectivity index (χ1v) is 12.5. The van der Waals surface area contributed by atoms with Crippen LogP contribution in [0.25, 0.3) is 0 Å². The van der Waals surface area contributed by atoms with Crippen LogP contribution in [0.2, 0.25) is 5.02 Å². The molecule has 1 aromatic carbocycles. The number of aromatic nitrogens is 4. The molecular weight excluding hydrogens is 496 g/mol. The second-order valence-corrected chi connectivity index (χ2v) is 9.75. The van der Waals surface area contributed by atoms with E-state index in [0.717, 1.165) is 11.3 Å². The number of carbonyl (C=O) groups excluding carboxylic acids is 2. The van der Waals surface area contributed by atoms with Gasteiger partial charge in [0.2, 0.25) is 5.91 Å². The van der Waals surface area contributed by atoms with Crippen molar-refractivity contribution < 1.29 is 14.3 Å². The molecule has 0 saturated carbocycles. The lowest BCUT2D eigenvalue weighted by atomic mass is 10.3. The lowest BCUT2D eigenvalue weighted by molar-refractivity contribution is -0.113. The Morgan fingerprint density at radius 1 is 1.35 bits per heavy atom. The maximum absolute atomic E-state index is 12.5. The summed E-state index contributed by atoms with van der Waals surface area (Å²) in [6.45, 7) is 7.84. The van der Waals surface area contributed by atoms with E-state index in [4.69, 9.17) is 16.3 Å². The van der Waals surface area contributed by atoms with Crippen molar-refractivity contribution >= 4 is 51.6 Å². The highest BCUT2D eigenvalue weighted by Crippen LogP contribution is 2.30. The third-order valence-corrected chi connectivity index (χ3v) is 6.88. The number of thiazole rings is 1. The monoisotopic (exact) mass is 520 g/mol.